The number of hydrogen-bond donors (Lipinski definition) is 1. The monoisotopic (exact) mass is 243 g/mol. The van der Waals surface area contributed by atoms with Gasteiger partial charge in [-0.25, -0.2) is 4.79 Å². The van der Waals surface area contributed by atoms with Crippen LogP contribution in [0.1, 0.15) is 6.42 Å². The number of carbonyl (C=O) groups excluding carboxylic acids is 2. The van der Waals surface area contributed by atoms with Gasteiger partial charge in [-0.1, -0.05) is 0 Å². The van der Waals surface area contributed by atoms with Gasteiger partial charge in [-0.3, -0.25) is 9.59 Å². The molecule has 1 N–H and O–H groups in total. The van der Waals surface area contributed by atoms with Crippen molar-refractivity contribution in [1.29, 1.82) is 0 Å². The molecule has 1 aliphatic rings. The van der Waals surface area contributed by atoms with Crippen LogP contribution in [-0.2, 0) is 9.59 Å². The quantitative estimate of drug-likeness (QED) is 0.649. The van der Waals surface area contributed by atoms with E-state index in [1.807, 2.05) is 0 Å². The molecule has 1 heterocycles. The SMILES string of the molecule is CN(C)C(=O)N1CCN(C(=O)CC(=O)O)CC1. The summed E-state index contributed by atoms with van der Waals surface area (Å²) in [6.07, 6.45) is -0.484. The Kier molecular flexibility index (Phi) is 4.30. The van der Waals surface area contributed by atoms with Gasteiger partial charge in [0.15, 0.2) is 0 Å². The molecular formula is C10H17N3O4. The van der Waals surface area contributed by atoms with Crippen LogP contribution in [0.2, 0.25) is 0 Å². The smallest absolute Gasteiger partial charge is 0.319 e. The highest BCUT2D eigenvalue weighted by Gasteiger charge is 2.25. The minimum atomic E-state index is -1.12. The predicted octanol–water partition coefficient (Wildman–Crippen LogP) is -0.713. The highest BCUT2D eigenvalue weighted by atomic mass is 16.4. The van der Waals surface area contributed by atoms with Gasteiger partial charge < -0.3 is 19.8 Å². The summed E-state index contributed by atoms with van der Waals surface area (Å²) in [6.45, 7) is 1.68. The van der Waals surface area contributed by atoms with E-state index in [4.69, 9.17) is 5.11 Å². The Bertz CT molecular complexity index is 322. The van der Waals surface area contributed by atoms with Crippen molar-refractivity contribution < 1.29 is 19.5 Å². The third-order valence-electron chi connectivity index (χ3n) is 2.59. The second-order valence-electron chi connectivity index (χ2n) is 4.12. The van der Waals surface area contributed by atoms with E-state index in [1.54, 1.807) is 19.0 Å². The van der Waals surface area contributed by atoms with E-state index in [0.29, 0.717) is 26.2 Å². The molecule has 0 radical (unpaired) electrons. The Labute approximate surface area is 99.6 Å². The average molecular weight is 243 g/mol. The molecule has 0 unspecified atom stereocenters. The van der Waals surface area contributed by atoms with E-state index in [-0.39, 0.29) is 6.03 Å². The molecule has 17 heavy (non-hydrogen) atoms. The molecule has 7 heteroatoms. The first kappa shape index (κ1) is 13.3. The van der Waals surface area contributed by atoms with Gasteiger partial charge >= 0.3 is 12.0 Å². The lowest BCUT2D eigenvalue weighted by molar-refractivity contribution is -0.144. The Morgan fingerprint density at radius 2 is 1.53 bits per heavy atom. The van der Waals surface area contributed by atoms with Crippen molar-refractivity contribution in [3.8, 4) is 0 Å². The van der Waals surface area contributed by atoms with Crippen LogP contribution in [0.25, 0.3) is 0 Å². The van der Waals surface area contributed by atoms with Crippen molar-refractivity contribution in [3.63, 3.8) is 0 Å². The van der Waals surface area contributed by atoms with E-state index >= 15 is 0 Å². The molecule has 1 aliphatic heterocycles. The maximum Gasteiger partial charge on any atom is 0.319 e. The molecule has 3 amide bonds. The van der Waals surface area contributed by atoms with Crippen LogP contribution in [0.3, 0.4) is 0 Å². The third kappa shape index (κ3) is 3.61. The lowest BCUT2D eigenvalue weighted by Crippen LogP contribution is -2.53. The molecule has 0 bridgehead atoms. The zero-order valence-corrected chi connectivity index (χ0v) is 10.0. The van der Waals surface area contributed by atoms with Crippen LogP contribution < -0.4 is 0 Å². The van der Waals surface area contributed by atoms with Gasteiger partial charge in [0.25, 0.3) is 0 Å². The maximum atomic E-state index is 11.6. The van der Waals surface area contributed by atoms with Crippen molar-refractivity contribution in [2.24, 2.45) is 0 Å². The summed E-state index contributed by atoms with van der Waals surface area (Å²) in [5, 5.41) is 8.51. The summed E-state index contributed by atoms with van der Waals surface area (Å²) in [5.41, 5.74) is 0. The summed E-state index contributed by atoms with van der Waals surface area (Å²) >= 11 is 0. The first-order chi connectivity index (χ1) is 7.91. The maximum absolute atomic E-state index is 11.6. The molecule has 1 fully saturated rings. The lowest BCUT2D eigenvalue weighted by Gasteiger charge is -2.35. The fraction of sp³-hybridized carbons (Fsp3) is 0.700. The number of piperazine rings is 1. The minimum Gasteiger partial charge on any atom is -0.481 e. The summed E-state index contributed by atoms with van der Waals surface area (Å²) in [7, 11) is 3.34. The third-order valence-corrected chi connectivity index (χ3v) is 2.59. The number of nitrogens with zero attached hydrogens (tertiary/aromatic N) is 3. The van der Waals surface area contributed by atoms with Crippen LogP contribution in [0, 0.1) is 0 Å². The van der Waals surface area contributed by atoms with Crippen LogP contribution in [0.5, 0.6) is 0 Å². The van der Waals surface area contributed by atoms with E-state index in [1.165, 1.54) is 9.80 Å². The fourth-order valence-electron chi connectivity index (χ4n) is 1.67. The molecule has 1 saturated heterocycles. The Morgan fingerprint density at radius 3 is 1.94 bits per heavy atom. The standard InChI is InChI=1S/C10H17N3O4/c1-11(2)10(17)13-5-3-12(4-6-13)8(14)7-9(15)16/h3-7H2,1-2H3,(H,15,16). The number of carboxylic acid groups (broad SMARTS) is 1. The fourth-order valence-corrected chi connectivity index (χ4v) is 1.67. The number of rotatable bonds is 2. The van der Waals surface area contributed by atoms with Crippen LogP contribution in [0.4, 0.5) is 4.79 Å². The molecule has 0 spiro atoms. The van der Waals surface area contributed by atoms with Gasteiger partial charge in [-0.05, 0) is 0 Å². The second-order valence-corrected chi connectivity index (χ2v) is 4.12. The van der Waals surface area contributed by atoms with Crippen LogP contribution >= 0.6 is 0 Å². The number of carboxylic acids is 1. The van der Waals surface area contributed by atoms with Gasteiger partial charge in [0, 0.05) is 40.3 Å². The summed E-state index contributed by atoms with van der Waals surface area (Å²) < 4.78 is 0. The number of urea groups is 1. The van der Waals surface area contributed by atoms with Crippen LogP contribution in [-0.4, -0.2) is 78.0 Å². The van der Waals surface area contributed by atoms with Crippen LogP contribution in [0.15, 0.2) is 0 Å². The van der Waals surface area contributed by atoms with Crippen molar-refractivity contribution in [1.82, 2.24) is 14.7 Å². The normalized spacial score (nSPS) is 15.6. The van der Waals surface area contributed by atoms with E-state index in [2.05, 4.69) is 0 Å². The minimum absolute atomic E-state index is 0.0877. The van der Waals surface area contributed by atoms with E-state index in [0.717, 1.165) is 0 Å². The summed E-state index contributed by atoms with van der Waals surface area (Å²) in [5.74, 6) is -1.52. The second kappa shape index (κ2) is 5.51. The Morgan fingerprint density at radius 1 is 1.06 bits per heavy atom. The van der Waals surface area contributed by atoms with Crippen molar-refractivity contribution in [3.05, 3.63) is 0 Å². The molecule has 1 rings (SSSR count). The zero-order valence-electron chi connectivity index (χ0n) is 10.0. The summed E-state index contributed by atoms with van der Waals surface area (Å²) in [6, 6.07) is -0.0877. The number of hydrogen-bond acceptors (Lipinski definition) is 3. The molecule has 0 aromatic rings. The van der Waals surface area contributed by atoms with Crippen molar-refractivity contribution in [2.45, 2.75) is 6.42 Å². The number of aliphatic carboxylic acids is 1. The molecule has 7 nitrogen and oxygen atoms in total. The molecule has 0 atom stereocenters. The van der Waals surface area contributed by atoms with Crippen molar-refractivity contribution >= 4 is 17.9 Å². The lowest BCUT2D eigenvalue weighted by atomic mass is 10.3. The summed E-state index contributed by atoms with van der Waals surface area (Å²) in [4.78, 5) is 38.1. The molecule has 0 saturated carbocycles. The van der Waals surface area contributed by atoms with Gasteiger partial charge in [-0.2, -0.15) is 0 Å². The van der Waals surface area contributed by atoms with Gasteiger partial charge in [0.2, 0.25) is 5.91 Å². The Balaban J connectivity index is 2.43. The van der Waals surface area contributed by atoms with Gasteiger partial charge in [0.05, 0.1) is 0 Å². The first-order valence-electron chi connectivity index (χ1n) is 5.37. The van der Waals surface area contributed by atoms with Crippen molar-refractivity contribution in [2.75, 3.05) is 40.3 Å². The average Bonchev–Trinajstić information content (AvgIpc) is 2.27. The molecule has 0 aromatic heterocycles. The number of amides is 3. The highest BCUT2D eigenvalue weighted by molar-refractivity contribution is 5.93. The highest BCUT2D eigenvalue weighted by Crippen LogP contribution is 2.05. The predicted molar refractivity (Wildman–Crippen MR) is 59.5 cm³/mol. The van der Waals surface area contributed by atoms with Gasteiger partial charge in [-0.15, -0.1) is 0 Å². The molecular weight excluding hydrogens is 226 g/mol. The molecule has 96 valence electrons. The van der Waals surface area contributed by atoms with E-state index in [9.17, 15) is 14.4 Å². The first-order valence-corrected chi connectivity index (χ1v) is 5.37. The van der Waals surface area contributed by atoms with E-state index < -0.39 is 18.3 Å². The molecule has 0 aromatic carbocycles. The zero-order chi connectivity index (χ0) is 13.0. The molecule has 0 aliphatic carbocycles. The Hall–Kier alpha value is -1.79. The van der Waals surface area contributed by atoms with Gasteiger partial charge in [0.1, 0.15) is 6.42 Å². The topological polar surface area (TPSA) is 81.2 Å². The largest absolute Gasteiger partial charge is 0.481 e. The number of carbonyl (C=O) groups is 3.